The Hall–Kier alpha value is -2.30. The van der Waals surface area contributed by atoms with E-state index in [9.17, 15) is 18.0 Å². The summed E-state index contributed by atoms with van der Waals surface area (Å²) in [5, 5.41) is 8.93. The van der Waals surface area contributed by atoms with E-state index in [1.165, 1.54) is 6.07 Å². The van der Waals surface area contributed by atoms with E-state index >= 15 is 0 Å². The van der Waals surface area contributed by atoms with Crippen LogP contribution in [-0.4, -0.2) is 18.9 Å². The zero-order chi connectivity index (χ0) is 21.4. The van der Waals surface area contributed by atoms with Crippen LogP contribution in [-0.2, 0) is 24.1 Å². The highest BCUT2D eigenvalue weighted by atomic mass is 127. The fraction of sp³-hybridized carbons (Fsp3) is 0.333. The first-order valence-electron chi connectivity index (χ1n) is 9.19. The van der Waals surface area contributed by atoms with E-state index in [-0.39, 0.29) is 42.3 Å². The highest BCUT2D eigenvalue weighted by molar-refractivity contribution is 14.0. The maximum Gasteiger partial charge on any atom is 0.416 e. The first kappa shape index (κ1) is 25.7. The first-order valence-corrected chi connectivity index (χ1v) is 9.19. The molecule has 0 unspecified atom stereocenters. The fourth-order valence-electron chi connectivity index (χ4n) is 2.44. The van der Waals surface area contributed by atoms with Crippen LogP contribution in [0.15, 0.2) is 53.5 Å². The Labute approximate surface area is 191 Å². The van der Waals surface area contributed by atoms with Gasteiger partial charge in [0, 0.05) is 31.7 Å². The molecule has 0 aromatic heterocycles. The molecule has 9 heteroatoms. The Morgan fingerprint density at radius 3 is 2.13 bits per heavy atom. The number of carbonyl (C=O) groups excluding carboxylic acids is 1. The zero-order valence-electron chi connectivity index (χ0n) is 17.0. The Morgan fingerprint density at radius 1 is 1.00 bits per heavy atom. The van der Waals surface area contributed by atoms with E-state index in [1.807, 2.05) is 38.1 Å². The number of alkyl halides is 3. The number of carbonyl (C=O) groups is 1. The van der Waals surface area contributed by atoms with E-state index in [0.29, 0.717) is 18.1 Å². The van der Waals surface area contributed by atoms with Crippen molar-refractivity contribution in [3.63, 3.8) is 0 Å². The largest absolute Gasteiger partial charge is 0.416 e. The number of hydrogen-bond acceptors (Lipinski definition) is 2. The van der Waals surface area contributed by atoms with Crippen molar-refractivity contribution >= 4 is 41.5 Å². The predicted molar refractivity (Wildman–Crippen MR) is 124 cm³/mol. The van der Waals surface area contributed by atoms with Crippen molar-refractivity contribution < 1.29 is 18.0 Å². The third-order valence-corrected chi connectivity index (χ3v) is 4.14. The average Bonchev–Trinajstić information content (AvgIpc) is 2.68. The number of hydrogen-bond donors (Lipinski definition) is 3. The van der Waals surface area contributed by atoms with Gasteiger partial charge in [0.15, 0.2) is 5.96 Å². The Balaban J connectivity index is 0.00000450. The summed E-state index contributed by atoms with van der Waals surface area (Å²) in [6, 6.07) is 12.6. The molecule has 0 saturated carbocycles. The minimum Gasteiger partial charge on any atom is -0.352 e. The smallest absolute Gasteiger partial charge is 0.352 e. The fourth-order valence-corrected chi connectivity index (χ4v) is 2.44. The van der Waals surface area contributed by atoms with Crippen LogP contribution in [0.25, 0.3) is 0 Å². The van der Waals surface area contributed by atoms with Crippen LogP contribution in [0.5, 0.6) is 0 Å². The summed E-state index contributed by atoms with van der Waals surface area (Å²) in [5.41, 5.74) is 1.52. The molecule has 0 saturated heterocycles. The maximum atomic E-state index is 12.8. The van der Waals surface area contributed by atoms with Gasteiger partial charge in [0.25, 0.3) is 0 Å². The third kappa shape index (κ3) is 8.21. The molecule has 0 radical (unpaired) electrons. The van der Waals surface area contributed by atoms with Gasteiger partial charge in [-0.25, -0.2) is 0 Å². The molecule has 1 amide bonds. The molecule has 0 bridgehead atoms. The van der Waals surface area contributed by atoms with E-state index in [2.05, 4.69) is 20.9 Å². The zero-order valence-corrected chi connectivity index (χ0v) is 19.3. The molecule has 0 aliphatic heterocycles. The van der Waals surface area contributed by atoms with Crippen LogP contribution >= 0.6 is 24.0 Å². The molecule has 0 heterocycles. The van der Waals surface area contributed by atoms with Crippen molar-refractivity contribution in [3.05, 3.63) is 65.2 Å². The Bertz CT molecular complexity index is 852. The highest BCUT2D eigenvalue weighted by Crippen LogP contribution is 2.29. The summed E-state index contributed by atoms with van der Waals surface area (Å²) in [5.74, 6) is 0.331. The molecule has 30 heavy (non-hydrogen) atoms. The van der Waals surface area contributed by atoms with Crippen LogP contribution in [0, 0.1) is 5.92 Å². The number of nitrogens with one attached hydrogen (secondary N) is 3. The Morgan fingerprint density at radius 2 is 1.60 bits per heavy atom. The molecule has 0 spiro atoms. The van der Waals surface area contributed by atoms with E-state index in [4.69, 9.17) is 0 Å². The van der Waals surface area contributed by atoms with Crippen LogP contribution in [0.1, 0.15) is 30.5 Å². The van der Waals surface area contributed by atoms with Crippen molar-refractivity contribution in [1.82, 2.24) is 10.6 Å². The van der Waals surface area contributed by atoms with Gasteiger partial charge in [-0.15, -0.1) is 24.0 Å². The number of amides is 1. The molecule has 2 aromatic rings. The van der Waals surface area contributed by atoms with Gasteiger partial charge < -0.3 is 16.0 Å². The molecule has 0 fully saturated rings. The molecule has 0 atom stereocenters. The molecule has 2 aromatic carbocycles. The SMILES string of the molecule is CN=C(NCc1ccc(NC(=O)C(C)C)cc1)NCc1cccc(C(F)(F)F)c1.I. The normalized spacial score (nSPS) is 11.6. The minimum atomic E-state index is -4.36. The summed E-state index contributed by atoms with van der Waals surface area (Å²) in [4.78, 5) is 15.8. The number of anilines is 1. The van der Waals surface area contributed by atoms with Gasteiger partial charge in [-0.3, -0.25) is 9.79 Å². The second-order valence-electron chi connectivity index (χ2n) is 6.82. The highest BCUT2D eigenvalue weighted by Gasteiger charge is 2.30. The summed E-state index contributed by atoms with van der Waals surface area (Å²) in [6.45, 7) is 4.33. The maximum absolute atomic E-state index is 12.8. The van der Waals surface area contributed by atoms with Gasteiger partial charge in [0.2, 0.25) is 5.91 Å². The molecule has 0 aliphatic carbocycles. The van der Waals surface area contributed by atoms with E-state index in [1.54, 1.807) is 13.1 Å². The van der Waals surface area contributed by atoms with Crippen LogP contribution in [0.2, 0.25) is 0 Å². The summed E-state index contributed by atoms with van der Waals surface area (Å²) in [6.07, 6.45) is -4.36. The van der Waals surface area contributed by atoms with Gasteiger partial charge in [-0.2, -0.15) is 13.2 Å². The summed E-state index contributed by atoms with van der Waals surface area (Å²) >= 11 is 0. The van der Waals surface area contributed by atoms with Crippen LogP contribution in [0.4, 0.5) is 18.9 Å². The van der Waals surface area contributed by atoms with Gasteiger partial charge in [-0.05, 0) is 35.4 Å². The Kier molecular flexibility index (Phi) is 10.1. The number of halogens is 4. The molecule has 5 nitrogen and oxygen atoms in total. The summed E-state index contributed by atoms with van der Waals surface area (Å²) in [7, 11) is 1.59. The van der Waals surface area contributed by atoms with E-state index < -0.39 is 11.7 Å². The number of guanidine groups is 1. The summed E-state index contributed by atoms with van der Waals surface area (Å²) < 4.78 is 38.4. The second kappa shape index (κ2) is 11.8. The topological polar surface area (TPSA) is 65.5 Å². The van der Waals surface area contributed by atoms with Crippen molar-refractivity contribution in [2.75, 3.05) is 12.4 Å². The average molecular weight is 534 g/mol. The first-order chi connectivity index (χ1) is 13.7. The lowest BCUT2D eigenvalue weighted by molar-refractivity contribution is -0.137. The minimum absolute atomic E-state index is 0. The van der Waals surface area contributed by atoms with Gasteiger partial charge >= 0.3 is 6.18 Å². The van der Waals surface area contributed by atoms with Crippen molar-refractivity contribution in [2.24, 2.45) is 10.9 Å². The number of nitrogens with zero attached hydrogens (tertiary/aromatic N) is 1. The number of rotatable bonds is 6. The lowest BCUT2D eigenvalue weighted by Gasteiger charge is -2.14. The monoisotopic (exact) mass is 534 g/mol. The van der Waals surface area contributed by atoms with Crippen molar-refractivity contribution in [1.29, 1.82) is 0 Å². The third-order valence-electron chi connectivity index (χ3n) is 4.14. The van der Waals surface area contributed by atoms with Crippen molar-refractivity contribution in [2.45, 2.75) is 33.1 Å². The molecule has 164 valence electrons. The molecular formula is C21H26F3IN4O. The number of benzene rings is 2. The van der Waals surface area contributed by atoms with E-state index in [0.717, 1.165) is 23.4 Å². The lowest BCUT2D eigenvalue weighted by atomic mass is 10.1. The van der Waals surface area contributed by atoms with Gasteiger partial charge in [0.05, 0.1) is 5.56 Å². The van der Waals surface area contributed by atoms with Gasteiger partial charge in [0.1, 0.15) is 0 Å². The standard InChI is InChI=1S/C21H25F3N4O.HI/c1-14(2)19(29)28-18-9-7-15(8-10-18)12-26-20(25-3)27-13-16-5-4-6-17(11-16)21(22,23)24;/h4-11,14H,12-13H2,1-3H3,(H,28,29)(H2,25,26,27);1H. The second-order valence-corrected chi connectivity index (χ2v) is 6.82. The quantitative estimate of drug-likeness (QED) is 0.284. The van der Waals surface area contributed by atoms with Crippen LogP contribution < -0.4 is 16.0 Å². The van der Waals surface area contributed by atoms with Crippen LogP contribution in [0.3, 0.4) is 0 Å². The predicted octanol–water partition coefficient (Wildman–Crippen LogP) is 4.78. The van der Waals surface area contributed by atoms with Gasteiger partial charge in [-0.1, -0.05) is 38.1 Å². The lowest BCUT2D eigenvalue weighted by Crippen LogP contribution is -2.36. The molecule has 3 N–H and O–H groups in total. The molecule has 2 rings (SSSR count). The van der Waals surface area contributed by atoms with Crippen molar-refractivity contribution in [3.8, 4) is 0 Å². The number of aliphatic imine (C=N–C) groups is 1. The molecular weight excluding hydrogens is 508 g/mol. The molecule has 0 aliphatic rings.